The molecular weight excluding hydrogens is 399 g/mol. The Bertz CT molecular complexity index is 555. The Morgan fingerprint density at radius 2 is 1.33 bits per heavy atom. The molecule has 0 spiro atoms. The third-order valence-corrected chi connectivity index (χ3v) is 20.6. The SMILES string of the molecule is CCC[CH2][Sn]([CH2]CCC)([CH2]CCC)[c]1ccnn1-c1ccccc1. The van der Waals surface area contributed by atoms with E-state index in [-0.39, 0.29) is 0 Å². The molecule has 0 aliphatic heterocycles. The molecule has 1 aromatic heterocycles. The summed E-state index contributed by atoms with van der Waals surface area (Å²) in [7, 11) is 0. The molecule has 0 aliphatic carbocycles. The number of para-hydroxylation sites is 1. The van der Waals surface area contributed by atoms with Gasteiger partial charge in [0.15, 0.2) is 0 Å². The number of hydrogen-bond acceptors (Lipinski definition) is 1. The molecule has 0 unspecified atom stereocenters. The molecule has 0 N–H and O–H groups in total. The van der Waals surface area contributed by atoms with E-state index >= 15 is 0 Å². The van der Waals surface area contributed by atoms with Crippen LogP contribution in [0.25, 0.3) is 5.69 Å². The van der Waals surface area contributed by atoms with Crippen LogP contribution in [0.4, 0.5) is 0 Å². The van der Waals surface area contributed by atoms with Crippen LogP contribution in [0.15, 0.2) is 42.6 Å². The molecule has 3 heteroatoms. The van der Waals surface area contributed by atoms with E-state index in [1.54, 1.807) is 3.71 Å². The standard InChI is InChI=1S/C9H7N2.3C4H9.Sn/c1-2-5-9(6-3-1)11-8-4-7-10-11;3*1-3-4-2;/h1-7H;3*1,3-4H2,2H3;. The summed E-state index contributed by atoms with van der Waals surface area (Å²) in [4.78, 5) is 0. The Morgan fingerprint density at radius 3 is 1.83 bits per heavy atom. The summed E-state index contributed by atoms with van der Waals surface area (Å²) in [6.45, 7) is 7.01. The van der Waals surface area contributed by atoms with Crippen molar-refractivity contribution in [1.82, 2.24) is 9.78 Å². The van der Waals surface area contributed by atoms with Gasteiger partial charge in [-0.15, -0.1) is 0 Å². The molecule has 2 rings (SSSR count). The van der Waals surface area contributed by atoms with Crippen molar-refractivity contribution in [2.75, 3.05) is 0 Å². The molecule has 0 saturated carbocycles. The van der Waals surface area contributed by atoms with Gasteiger partial charge in [0.2, 0.25) is 0 Å². The van der Waals surface area contributed by atoms with Gasteiger partial charge in [0.05, 0.1) is 0 Å². The van der Waals surface area contributed by atoms with Gasteiger partial charge in [0.25, 0.3) is 0 Å². The summed E-state index contributed by atoms with van der Waals surface area (Å²) in [5.74, 6) is 0. The van der Waals surface area contributed by atoms with Gasteiger partial charge in [-0.1, -0.05) is 0 Å². The maximum absolute atomic E-state index is 4.75. The number of hydrogen-bond donors (Lipinski definition) is 0. The minimum absolute atomic E-state index is 1.24. The summed E-state index contributed by atoms with van der Waals surface area (Å²) >= 11 is -2.42. The van der Waals surface area contributed by atoms with Crippen LogP contribution in [0.3, 0.4) is 0 Å². The first-order valence-electron chi connectivity index (χ1n) is 9.87. The number of unbranched alkanes of at least 4 members (excludes halogenated alkanes) is 3. The number of nitrogens with zero attached hydrogens (tertiary/aromatic N) is 2. The molecule has 1 aromatic carbocycles. The third-order valence-electron chi connectivity index (χ3n) is 5.21. The van der Waals surface area contributed by atoms with Crippen molar-refractivity contribution in [2.45, 2.75) is 72.6 Å². The van der Waals surface area contributed by atoms with Crippen molar-refractivity contribution < 1.29 is 0 Å². The van der Waals surface area contributed by atoms with Gasteiger partial charge >= 0.3 is 153 Å². The first-order valence-corrected chi connectivity index (χ1v) is 17.4. The van der Waals surface area contributed by atoms with E-state index in [0.29, 0.717) is 0 Å². The third kappa shape index (κ3) is 4.87. The Hall–Kier alpha value is -0.771. The van der Waals surface area contributed by atoms with Crippen molar-refractivity contribution in [3.05, 3.63) is 42.6 Å². The number of rotatable bonds is 11. The van der Waals surface area contributed by atoms with Gasteiger partial charge in [-0.2, -0.15) is 0 Å². The minimum atomic E-state index is -2.42. The Morgan fingerprint density at radius 1 is 0.792 bits per heavy atom. The molecule has 0 aliphatic rings. The summed E-state index contributed by atoms with van der Waals surface area (Å²) in [6, 6.07) is 13.1. The molecule has 0 atom stereocenters. The molecule has 2 nitrogen and oxygen atoms in total. The van der Waals surface area contributed by atoms with Crippen molar-refractivity contribution >= 4 is 22.1 Å². The molecule has 0 fully saturated rings. The normalized spacial score (nSPS) is 11.8. The molecular formula is C21H34N2Sn. The molecule has 0 saturated heterocycles. The van der Waals surface area contributed by atoms with E-state index in [0.717, 1.165) is 0 Å². The van der Waals surface area contributed by atoms with Gasteiger partial charge in [0.1, 0.15) is 0 Å². The van der Waals surface area contributed by atoms with Crippen molar-refractivity contribution in [3.63, 3.8) is 0 Å². The van der Waals surface area contributed by atoms with Crippen LogP contribution < -0.4 is 3.71 Å². The summed E-state index contributed by atoms with van der Waals surface area (Å²) in [5.41, 5.74) is 1.24. The number of aromatic nitrogens is 2. The van der Waals surface area contributed by atoms with Crippen molar-refractivity contribution in [3.8, 4) is 5.69 Å². The van der Waals surface area contributed by atoms with Gasteiger partial charge in [0, 0.05) is 0 Å². The summed E-state index contributed by atoms with van der Waals surface area (Å²) in [6.07, 6.45) is 10.2. The predicted molar refractivity (Wildman–Crippen MR) is 108 cm³/mol. The monoisotopic (exact) mass is 434 g/mol. The molecule has 2 aromatic rings. The number of benzene rings is 1. The Labute approximate surface area is 152 Å². The van der Waals surface area contributed by atoms with Crippen molar-refractivity contribution in [2.24, 2.45) is 0 Å². The molecule has 24 heavy (non-hydrogen) atoms. The second-order valence-corrected chi connectivity index (χ2v) is 20.1. The second-order valence-electron chi connectivity index (χ2n) is 7.05. The van der Waals surface area contributed by atoms with Crippen LogP contribution in [-0.2, 0) is 0 Å². The quantitative estimate of drug-likeness (QED) is 0.402. The first-order chi connectivity index (χ1) is 11.8. The van der Waals surface area contributed by atoms with Crippen molar-refractivity contribution in [1.29, 1.82) is 0 Å². The first kappa shape index (κ1) is 19.6. The topological polar surface area (TPSA) is 17.8 Å². The molecule has 0 amide bonds. The zero-order valence-corrected chi connectivity index (χ0v) is 18.7. The van der Waals surface area contributed by atoms with E-state index in [9.17, 15) is 0 Å². The van der Waals surface area contributed by atoms with Gasteiger partial charge < -0.3 is 0 Å². The molecule has 132 valence electrons. The fourth-order valence-corrected chi connectivity index (χ4v) is 20.0. The Kier molecular flexibility index (Phi) is 8.37. The van der Waals surface area contributed by atoms with E-state index in [1.807, 2.05) is 6.20 Å². The van der Waals surface area contributed by atoms with E-state index in [1.165, 1.54) is 57.5 Å². The zero-order chi connectivity index (χ0) is 17.3. The van der Waals surface area contributed by atoms with Crippen LogP contribution in [0.1, 0.15) is 59.3 Å². The molecule has 1 heterocycles. The maximum atomic E-state index is 4.75. The van der Waals surface area contributed by atoms with Crippen LogP contribution in [0.2, 0.25) is 13.3 Å². The zero-order valence-electron chi connectivity index (χ0n) is 15.8. The van der Waals surface area contributed by atoms with Gasteiger partial charge in [-0.3, -0.25) is 0 Å². The Balaban J connectivity index is 2.43. The summed E-state index contributed by atoms with van der Waals surface area (Å²) < 4.78 is 8.39. The van der Waals surface area contributed by atoms with E-state index < -0.39 is 18.4 Å². The van der Waals surface area contributed by atoms with Gasteiger partial charge in [-0.05, 0) is 0 Å². The van der Waals surface area contributed by atoms with Crippen LogP contribution in [0, 0.1) is 0 Å². The molecule has 0 bridgehead atoms. The fraction of sp³-hybridized carbons (Fsp3) is 0.571. The van der Waals surface area contributed by atoms with Crippen LogP contribution in [-0.4, -0.2) is 28.2 Å². The average Bonchev–Trinajstić information content (AvgIpc) is 3.12. The average molecular weight is 433 g/mol. The predicted octanol–water partition coefficient (Wildman–Crippen LogP) is 5.93. The van der Waals surface area contributed by atoms with Crippen LogP contribution in [0.5, 0.6) is 0 Å². The van der Waals surface area contributed by atoms with Crippen LogP contribution >= 0.6 is 0 Å². The van der Waals surface area contributed by atoms with E-state index in [2.05, 4.69) is 61.9 Å². The molecule has 0 radical (unpaired) electrons. The van der Waals surface area contributed by atoms with Gasteiger partial charge in [-0.25, -0.2) is 0 Å². The van der Waals surface area contributed by atoms with E-state index in [4.69, 9.17) is 5.10 Å². The summed E-state index contributed by atoms with van der Waals surface area (Å²) in [5, 5.41) is 4.75. The fourth-order valence-electron chi connectivity index (χ4n) is 3.78. The second kappa shape index (κ2) is 10.3.